The molecule has 0 saturated heterocycles. The van der Waals surface area contributed by atoms with E-state index in [1.54, 1.807) is 0 Å². The monoisotopic (exact) mass is 402 g/mol. The molecule has 1 aromatic heterocycles. The van der Waals surface area contributed by atoms with Crippen molar-refractivity contribution >= 4 is 17.3 Å². The van der Waals surface area contributed by atoms with Crippen molar-refractivity contribution in [3.63, 3.8) is 0 Å². The van der Waals surface area contributed by atoms with Gasteiger partial charge in [0.05, 0.1) is 18.1 Å². The van der Waals surface area contributed by atoms with E-state index in [1.165, 1.54) is 18.2 Å². The standard InChI is InChI=1S/C19H19ClN4O4/c1-3-27-16-7-4-13(5-8-16)19-21-18(28-22-19)12-23(2)11-14-10-15(24(25)26)6-9-17(14)20/h4-10H,3,11-12H2,1-2H3. The van der Waals surface area contributed by atoms with Crippen LogP contribution in [0.4, 0.5) is 5.69 Å². The van der Waals surface area contributed by atoms with Crippen LogP contribution in [0.2, 0.25) is 5.02 Å². The predicted molar refractivity (Wildman–Crippen MR) is 104 cm³/mol. The van der Waals surface area contributed by atoms with Crippen LogP contribution in [-0.2, 0) is 13.1 Å². The fourth-order valence-corrected chi connectivity index (χ4v) is 2.85. The molecule has 0 bridgehead atoms. The van der Waals surface area contributed by atoms with Gasteiger partial charge in [0, 0.05) is 29.3 Å². The van der Waals surface area contributed by atoms with Gasteiger partial charge in [-0.15, -0.1) is 0 Å². The van der Waals surface area contributed by atoms with Crippen molar-refractivity contribution in [2.24, 2.45) is 0 Å². The Labute approximate surface area is 166 Å². The van der Waals surface area contributed by atoms with Crippen molar-refractivity contribution in [1.82, 2.24) is 15.0 Å². The van der Waals surface area contributed by atoms with Gasteiger partial charge in [0.15, 0.2) is 0 Å². The van der Waals surface area contributed by atoms with Crippen molar-refractivity contribution in [2.75, 3.05) is 13.7 Å². The van der Waals surface area contributed by atoms with E-state index in [0.29, 0.717) is 42.0 Å². The van der Waals surface area contributed by atoms with Crippen LogP contribution in [0, 0.1) is 10.1 Å². The summed E-state index contributed by atoms with van der Waals surface area (Å²) in [5.41, 5.74) is 1.48. The van der Waals surface area contributed by atoms with Crippen LogP contribution >= 0.6 is 11.6 Å². The molecule has 0 atom stereocenters. The highest BCUT2D eigenvalue weighted by Gasteiger charge is 2.14. The zero-order valence-electron chi connectivity index (χ0n) is 15.5. The van der Waals surface area contributed by atoms with Crippen molar-refractivity contribution < 1.29 is 14.2 Å². The lowest BCUT2D eigenvalue weighted by Gasteiger charge is -2.15. The lowest BCUT2D eigenvalue weighted by Crippen LogP contribution is -2.17. The van der Waals surface area contributed by atoms with Crippen LogP contribution in [0.3, 0.4) is 0 Å². The number of halogens is 1. The zero-order valence-corrected chi connectivity index (χ0v) is 16.2. The van der Waals surface area contributed by atoms with Crippen molar-refractivity contribution in [3.05, 3.63) is 69.1 Å². The topological polar surface area (TPSA) is 94.5 Å². The number of non-ortho nitro benzene ring substituents is 1. The highest BCUT2D eigenvalue weighted by molar-refractivity contribution is 6.31. The van der Waals surface area contributed by atoms with Crippen LogP contribution in [0.5, 0.6) is 5.75 Å². The molecule has 9 heteroatoms. The number of nitrogens with zero attached hydrogens (tertiary/aromatic N) is 4. The summed E-state index contributed by atoms with van der Waals surface area (Å²) in [4.78, 5) is 16.8. The van der Waals surface area contributed by atoms with Crippen LogP contribution in [-0.4, -0.2) is 33.6 Å². The van der Waals surface area contributed by atoms with E-state index in [0.717, 1.165) is 11.3 Å². The third-order valence-electron chi connectivity index (χ3n) is 3.98. The van der Waals surface area contributed by atoms with Gasteiger partial charge in [0.25, 0.3) is 5.69 Å². The van der Waals surface area contributed by atoms with E-state index in [2.05, 4.69) is 10.1 Å². The first kappa shape index (κ1) is 19.8. The van der Waals surface area contributed by atoms with Gasteiger partial charge in [-0.25, -0.2) is 0 Å². The van der Waals surface area contributed by atoms with E-state index in [1.807, 2.05) is 43.1 Å². The van der Waals surface area contributed by atoms with Gasteiger partial charge in [0.2, 0.25) is 11.7 Å². The SMILES string of the molecule is CCOc1ccc(-c2noc(CN(C)Cc3cc([N+](=O)[O-])ccc3Cl)n2)cc1. The number of aromatic nitrogens is 2. The summed E-state index contributed by atoms with van der Waals surface area (Å²) in [5.74, 6) is 1.70. The minimum atomic E-state index is -0.444. The normalized spacial score (nSPS) is 11.0. The summed E-state index contributed by atoms with van der Waals surface area (Å²) in [6, 6.07) is 11.8. The summed E-state index contributed by atoms with van der Waals surface area (Å²) in [7, 11) is 1.84. The number of ether oxygens (including phenoxy) is 1. The van der Waals surface area contributed by atoms with Gasteiger partial charge >= 0.3 is 0 Å². The number of nitro groups is 1. The molecule has 2 aromatic carbocycles. The van der Waals surface area contributed by atoms with Crippen LogP contribution in [0.25, 0.3) is 11.4 Å². The van der Waals surface area contributed by atoms with Crippen molar-refractivity contribution in [3.8, 4) is 17.1 Å². The van der Waals surface area contributed by atoms with E-state index in [9.17, 15) is 10.1 Å². The van der Waals surface area contributed by atoms with Gasteiger partial charge in [-0.05, 0) is 49.9 Å². The van der Waals surface area contributed by atoms with Crippen molar-refractivity contribution in [2.45, 2.75) is 20.0 Å². The Morgan fingerprint density at radius 3 is 2.64 bits per heavy atom. The molecule has 3 rings (SSSR count). The van der Waals surface area contributed by atoms with Crippen LogP contribution in [0.1, 0.15) is 18.4 Å². The average Bonchev–Trinajstić information content (AvgIpc) is 3.12. The summed E-state index contributed by atoms with van der Waals surface area (Å²) in [6.45, 7) is 3.31. The maximum Gasteiger partial charge on any atom is 0.269 e. The maximum atomic E-state index is 10.9. The van der Waals surface area contributed by atoms with E-state index < -0.39 is 4.92 Å². The van der Waals surface area contributed by atoms with Gasteiger partial charge in [-0.1, -0.05) is 16.8 Å². The summed E-state index contributed by atoms with van der Waals surface area (Å²) in [6.07, 6.45) is 0. The van der Waals surface area contributed by atoms with E-state index in [-0.39, 0.29) is 5.69 Å². The van der Waals surface area contributed by atoms with E-state index >= 15 is 0 Å². The molecule has 146 valence electrons. The lowest BCUT2D eigenvalue weighted by molar-refractivity contribution is -0.384. The molecule has 0 saturated carbocycles. The molecule has 1 heterocycles. The van der Waals surface area contributed by atoms with Gasteiger partial charge in [-0.3, -0.25) is 15.0 Å². The third kappa shape index (κ3) is 4.85. The number of hydrogen-bond acceptors (Lipinski definition) is 7. The van der Waals surface area contributed by atoms with E-state index in [4.69, 9.17) is 20.9 Å². The van der Waals surface area contributed by atoms with Crippen LogP contribution < -0.4 is 4.74 Å². The first-order valence-electron chi connectivity index (χ1n) is 8.63. The summed E-state index contributed by atoms with van der Waals surface area (Å²) < 4.78 is 10.7. The number of rotatable bonds is 8. The van der Waals surface area contributed by atoms with Gasteiger partial charge in [0.1, 0.15) is 5.75 Å². The Balaban J connectivity index is 1.66. The largest absolute Gasteiger partial charge is 0.494 e. The molecule has 0 radical (unpaired) electrons. The number of benzene rings is 2. The number of hydrogen-bond donors (Lipinski definition) is 0. The Morgan fingerprint density at radius 1 is 1.21 bits per heavy atom. The molecule has 28 heavy (non-hydrogen) atoms. The molecule has 0 amide bonds. The highest BCUT2D eigenvalue weighted by atomic mass is 35.5. The van der Waals surface area contributed by atoms with Crippen molar-refractivity contribution in [1.29, 1.82) is 0 Å². The molecule has 0 N–H and O–H groups in total. The Kier molecular flexibility index (Phi) is 6.23. The molecule has 0 aliphatic carbocycles. The molecule has 0 unspecified atom stereocenters. The molecule has 0 fully saturated rings. The second kappa shape index (κ2) is 8.81. The summed E-state index contributed by atoms with van der Waals surface area (Å²) in [5, 5.41) is 15.4. The second-order valence-corrected chi connectivity index (χ2v) is 6.58. The summed E-state index contributed by atoms with van der Waals surface area (Å²) >= 11 is 6.16. The van der Waals surface area contributed by atoms with Gasteiger partial charge < -0.3 is 9.26 Å². The Morgan fingerprint density at radius 2 is 1.96 bits per heavy atom. The second-order valence-electron chi connectivity index (χ2n) is 6.17. The minimum Gasteiger partial charge on any atom is -0.494 e. The molecule has 3 aromatic rings. The Bertz CT molecular complexity index is 959. The van der Waals surface area contributed by atoms with Crippen LogP contribution in [0.15, 0.2) is 47.0 Å². The average molecular weight is 403 g/mol. The number of nitro benzene ring substituents is 1. The first-order valence-corrected chi connectivity index (χ1v) is 9.01. The molecule has 8 nitrogen and oxygen atoms in total. The van der Waals surface area contributed by atoms with Gasteiger partial charge in [-0.2, -0.15) is 4.98 Å². The smallest absolute Gasteiger partial charge is 0.269 e. The zero-order chi connectivity index (χ0) is 20.1. The molecule has 0 aliphatic heterocycles. The minimum absolute atomic E-state index is 0.00313. The molecule has 0 aliphatic rings. The lowest BCUT2D eigenvalue weighted by atomic mass is 10.2. The molecular formula is C19H19ClN4O4. The Hall–Kier alpha value is -2.97. The molecular weight excluding hydrogens is 384 g/mol. The fraction of sp³-hybridized carbons (Fsp3) is 0.263. The third-order valence-corrected chi connectivity index (χ3v) is 4.35. The predicted octanol–water partition coefficient (Wildman–Crippen LogP) is 4.33. The molecule has 0 spiro atoms. The highest BCUT2D eigenvalue weighted by Crippen LogP contribution is 2.24. The fourth-order valence-electron chi connectivity index (χ4n) is 2.68. The quantitative estimate of drug-likeness (QED) is 0.408. The first-order chi connectivity index (χ1) is 13.5. The maximum absolute atomic E-state index is 10.9.